The molecule has 1 aliphatic rings. The number of aromatic nitrogens is 2. The van der Waals surface area contributed by atoms with E-state index in [1.165, 1.54) is 0 Å². The van der Waals surface area contributed by atoms with Gasteiger partial charge in [-0.05, 0) is 26.7 Å². The first-order valence-corrected chi connectivity index (χ1v) is 5.67. The average molecular weight is 223 g/mol. The van der Waals surface area contributed by atoms with E-state index in [9.17, 15) is 4.79 Å². The third-order valence-corrected chi connectivity index (χ3v) is 2.68. The van der Waals surface area contributed by atoms with Gasteiger partial charge in [0, 0.05) is 19.2 Å². The largest absolute Gasteiger partial charge is 0.368 e. The minimum atomic E-state index is -0.291. The third kappa shape index (κ3) is 2.24. The van der Waals surface area contributed by atoms with Crippen LogP contribution in [0.4, 0.5) is 5.82 Å². The Labute approximate surface area is 94.8 Å². The molecule has 0 aliphatic carbocycles. The summed E-state index contributed by atoms with van der Waals surface area (Å²) in [7, 11) is 0. The summed E-state index contributed by atoms with van der Waals surface area (Å²) in [5.74, 6) is 0.688. The molecule has 16 heavy (non-hydrogen) atoms. The lowest BCUT2D eigenvalue weighted by atomic mass is 10.2. The number of aryl methyl sites for hydroxylation is 2. The summed E-state index contributed by atoms with van der Waals surface area (Å²) in [5, 5.41) is 7.13. The van der Waals surface area contributed by atoms with Crippen LogP contribution in [-0.2, 0) is 16.1 Å². The Morgan fingerprint density at radius 1 is 1.75 bits per heavy atom. The molecule has 0 aromatic carbocycles. The van der Waals surface area contributed by atoms with E-state index in [0.717, 1.165) is 30.9 Å². The number of hydrogen-bond acceptors (Lipinski definition) is 3. The van der Waals surface area contributed by atoms with Gasteiger partial charge in [-0.2, -0.15) is 5.10 Å². The normalized spacial score (nSPS) is 20.0. The van der Waals surface area contributed by atoms with Gasteiger partial charge in [-0.1, -0.05) is 0 Å². The van der Waals surface area contributed by atoms with Gasteiger partial charge in [0.2, 0.25) is 0 Å². The first-order valence-electron chi connectivity index (χ1n) is 5.67. The maximum Gasteiger partial charge on any atom is 0.254 e. The fraction of sp³-hybridized carbons (Fsp3) is 0.636. The molecule has 0 radical (unpaired) electrons. The highest BCUT2D eigenvalue weighted by Gasteiger charge is 2.24. The molecule has 0 spiro atoms. The van der Waals surface area contributed by atoms with Gasteiger partial charge < -0.3 is 10.1 Å². The Morgan fingerprint density at radius 2 is 2.56 bits per heavy atom. The van der Waals surface area contributed by atoms with Gasteiger partial charge in [0.15, 0.2) is 0 Å². The van der Waals surface area contributed by atoms with Crippen LogP contribution in [0.5, 0.6) is 0 Å². The van der Waals surface area contributed by atoms with Gasteiger partial charge in [-0.25, -0.2) is 4.68 Å². The van der Waals surface area contributed by atoms with Gasteiger partial charge in [0.25, 0.3) is 5.91 Å². The molecule has 1 unspecified atom stereocenters. The van der Waals surface area contributed by atoms with Crippen molar-refractivity contribution < 1.29 is 9.53 Å². The fourth-order valence-corrected chi connectivity index (χ4v) is 1.88. The second-order valence-electron chi connectivity index (χ2n) is 3.98. The van der Waals surface area contributed by atoms with E-state index in [4.69, 9.17) is 4.74 Å². The highest BCUT2D eigenvalue weighted by Crippen LogP contribution is 2.16. The predicted octanol–water partition coefficient (Wildman–Crippen LogP) is 1.33. The fourth-order valence-electron chi connectivity index (χ4n) is 1.88. The minimum Gasteiger partial charge on any atom is -0.368 e. The van der Waals surface area contributed by atoms with Crippen LogP contribution in [0.3, 0.4) is 0 Å². The van der Waals surface area contributed by atoms with E-state index in [-0.39, 0.29) is 12.0 Å². The van der Waals surface area contributed by atoms with Crippen molar-refractivity contribution in [3.8, 4) is 0 Å². The van der Waals surface area contributed by atoms with Gasteiger partial charge in [0.05, 0.1) is 5.69 Å². The van der Waals surface area contributed by atoms with Crippen LogP contribution in [0, 0.1) is 6.92 Å². The molecule has 1 saturated heterocycles. The van der Waals surface area contributed by atoms with Crippen molar-refractivity contribution in [3.63, 3.8) is 0 Å². The lowest BCUT2D eigenvalue weighted by Gasteiger charge is -2.10. The average Bonchev–Trinajstić information content (AvgIpc) is 2.87. The van der Waals surface area contributed by atoms with Gasteiger partial charge in [-0.15, -0.1) is 0 Å². The number of rotatable bonds is 3. The summed E-state index contributed by atoms with van der Waals surface area (Å²) < 4.78 is 7.11. The number of amides is 1. The topological polar surface area (TPSA) is 56.2 Å². The zero-order chi connectivity index (χ0) is 11.5. The Morgan fingerprint density at radius 3 is 3.19 bits per heavy atom. The highest BCUT2D eigenvalue weighted by atomic mass is 16.5. The molecule has 88 valence electrons. The molecule has 2 rings (SSSR count). The summed E-state index contributed by atoms with van der Waals surface area (Å²) >= 11 is 0. The van der Waals surface area contributed by atoms with Crippen molar-refractivity contribution in [1.82, 2.24) is 9.78 Å². The molecule has 1 fully saturated rings. The van der Waals surface area contributed by atoms with Gasteiger partial charge >= 0.3 is 0 Å². The van der Waals surface area contributed by atoms with E-state index in [1.54, 1.807) is 4.68 Å². The molecule has 2 heterocycles. The zero-order valence-electron chi connectivity index (χ0n) is 9.69. The predicted molar refractivity (Wildman–Crippen MR) is 60.2 cm³/mol. The molecular weight excluding hydrogens is 206 g/mol. The van der Waals surface area contributed by atoms with Crippen LogP contribution in [0.1, 0.15) is 25.5 Å². The smallest absolute Gasteiger partial charge is 0.254 e. The van der Waals surface area contributed by atoms with Gasteiger partial charge in [-0.3, -0.25) is 4.79 Å². The molecule has 1 aliphatic heterocycles. The lowest BCUT2D eigenvalue weighted by Crippen LogP contribution is -2.28. The van der Waals surface area contributed by atoms with Crippen LogP contribution in [-0.4, -0.2) is 28.4 Å². The van der Waals surface area contributed by atoms with E-state index in [0.29, 0.717) is 6.61 Å². The van der Waals surface area contributed by atoms with E-state index >= 15 is 0 Å². The third-order valence-electron chi connectivity index (χ3n) is 2.68. The lowest BCUT2D eigenvalue weighted by molar-refractivity contribution is -0.124. The molecular formula is C11H17N3O2. The summed E-state index contributed by atoms with van der Waals surface area (Å²) in [4.78, 5) is 11.8. The van der Waals surface area contributed by atoms with Crippen LogP contribution in [0.25, 0.3) is 0 Å². The summed E-state index contributed by atoms with van der Waals surface area (Å²) in [6.07, 6.45) is 1.48. The summed E-state index contributed by atoms with van der Waals surface area (Å²) in [5.41, 5.74) is 0.907. The molecule has 1 aromatic heterocycles. The standard InChI is InChI=1S/C11H17N3O2/c1-3-14-10(7-8(2)13-14)12-11(15)9-5-4-6-16-9/h7,9H,3-6H2,1-2H3,(H,12,15). The van der Waals surface area contributed by atoms with Crippen molar-refractivity contribution in [2.75, 3.05) is 11.9 Å². The molecule has 1 N–H and O–H groups in total. The second kappa shape index (κ2) is 4.65. The Balaban J connectivity index is 2.04. The van der Waals surface area contributed by atoms with E-state index < -0.39 is 0 Å². The SMILES string of the molecule is CCn1nc(C)cc1NC(=O)C1CCCO1. The zero-order valence-corrected chi connectivity index (χ0v) is 9.69. The van der Waals surface area contributed by atoms with Crippen LogP contribution < -0.4 is 5.32 Å². The van der Waals surface area contributed by atoms with Crippen molar-refractivity contribution in [2.24, 2.45) is 0 Å². The Hall–Kier alpha value is -1.36. The second-order valence-corrected chi connectivity index (χ2v) is 3.98. The molecule has 1 aromatic rings. The first-order chi connectivity index (χ1) is 7.70. The molecule has 1 atom stereocenters. The number of ether oxygens (including phenoxy) is 1. The Kier molecular flexibility index (Phi) is 3.24. The molecule has 1 amide bonds. The molecule has 5 heteroatoms. The maximum atomic E-state index is 11.8. The number of hydrogen-bond donors (Lipinski definition) is 1. The first kappa shape index (κ1) is 11.1. The summed E-state index contributed by atoms with van der Waals surface area (Å²) in [6, 6.07) is 1.87. The van der Waals surface area contributed by atoms with E-state index in [2.05, 4.69) is 10.4 Å². The quantitative estimate of drug-likeness (QED) is 0.841. The highest BCUT2D eigenvalue weighted by molar-refractivity contribution is 5.93. The molecule has 0 bridgehead atoms. The number of carbonyl (C=O) groups excluding carboxylic acids is 1. The van der Waals surface area contributed by atoms with Gasteiger partial charge in [0.1, 0.15) is 11.9 Å². The Bertz CT molecular complexity index is 381. The molecule has 0 saturated carbocycles. The van der Waals surface area contributed by atoms with Crippen molar-refractivity contribution in [1.29, 1.82) is 0 Å². The van der Waals surface area contributed by atoms with Crippen LogP contribution in [0.15, 0.2) is 6.07 Å². The van der Waals surface area contributed by atoms with E-state index in [1.807, 2.05) is 19.9 Å². The van der Waals surface area contributed by atoms with Crippen molar-refractivity contribution in [3.05, 3.63) is 11.8 Å². The molecule has 5 nitrogen and oxygen atoms in total. The number of nitrogens with zero attached hydrogens (tertiary/aromatic N) is 2. The minimum absolute atomic E-state index is 0.0629. The van der Waals surface area contributed by atoms with Crippen LogP contribution >= 0.6 is 0 Å². The number of nitrogens with one attached hydrogen (secondary N) is 1. The number of carbonyl (C=O) groups is 1. The van der Waals surface area contributed by atoms with Crippen molar-refractivity contribution >= 4 is 11.7 Å². The maximum absolute atomic E-state index is 11.8. The number of anilines is 1. The monoisotopic (exact) mass is 223 g/mol. The van der Waals surface area contributed by atoms with Crippen LogP contribution in [0.2, 0.25) is 0 Å². The van der Waals surface area contributed by atoms with Crippen molar-refractivity contribution in [2.45, 2.75) is 39.3 Å². The summed E-state index contributed by atoms with van der Waals surface area (Å²) in [6.45, 7) is 5.33.